The van der Waals surface area contributed by atoms with Crippen LogP contribution in [0.4, 0.5) is 4.79 Å². The number of benzene rings is 1. The van der Waals surface area contributed by atoms with E-state index < -0.39 is 12.0 Å². The van der Waals surface area contributed by atoms with Crippen molar-refractivity contribution in [1.82, 2.24) is 15.1 Å². The van der Waals surface area contributed by atoms with E-state index in [9.17, 15) is 9.59 Å². The number of esters is 1. The topological polar surface area (TPSA) is 61.9 Å². The van der Waals surface area contributed by atoms with Gasteiger partial charge in [-0.15, -0.1) is 0 Å². The van der Waals surface area contributed by atoms with E-state index in [0.29, 0.717) is 13.1 Å². The van der Waals surface area contributed by atoms with Crippen molar-refractivity contribution in [3.63, 3.8) is 0 Å². The lowest BCUT2D eigenvalue weighted by Gasteiger charge is -2.35. The third-order valence-electron chi connectivity index (χ3n) is 4.28. The van der Waals surface area contributed by atoms with Crippen LogP contribution in [-0.4, -0.2) is 61.1 Å². The quantitative estimate of drug-likeness (QED) is 0.831. The van der Waals surface area contributed by atoms with Gasteiger partial charge in [-0.25, -0.2) is 9.59 Å². The Balaban J connectivity index is 1.83. The first kappa shape index (κ1) is 18.8. The normalized spacial score (nSPS) is 16.2. The zero-order valence-corrected chi connectivity index (χ0v) is 15.1. The molecule has 1 unspecified atom stereocenters. The average molecular weight is 345 g/mol. The minimum Gasteiger partial charge on any atom is -0.467 e. The lowest BCUT2D eigenvalue weighted by molar-refractivity contribution is -0.144. The molecule has 136 valence electrons. The average Bonchev–Trinajstić information content (AvgIpc) is 2.64. The summed E-state index contributed by atoms with van der Waals surface area (Å²) >= 11 is 0. The molecule has 6 nitrogen and oxygen atoms in total. The molecule has 1 saturated heterocycles. The molecule has 1 atom stereocenters. The molecule has 2 rings (SSSR count). The molecule has 6 heteroatoms. The number of ether oxygens (including phenoxy) is 1. The standard InChI is InChI=1S/C19H27N3O3/c1-15(2)17(18(23)25-3)20-19(24)22-13-11-21(12-14-22)10-9-16-7-5-4-6-8-16/h4-10,15,17H,11-14H2,1-3H3,(H,20,24). The highest BCUT2D eigenvalue weighted by Gasteiger charge is 2.28. The van der Waals surface area contributed by atoms with Gasteiger partial charge in [-0.1, -0.05) is 44.2 Å². The second-order valence-electron chi connectivity index (χ2n) is 6.44. The molecule has 1 aromatic rings. The van der Waals surface area contributed by atoms with Crippen molar-refractivity contribution in [3.05, 3.63) is 42.1 Å². The Morgan fingerprint density at radius 3 is 2.32 bits per heavy atom. The molecular formula is C19H27N3O3. The van der Waals surface area contributed by atoms with Gasteiger partial charge in [-0.3, -0.25) is 0 Å². The molecule has 1 fully saturated rings. The summed E-state index contributed by atoms with van der Waals surface area (Å²) in [4.78, 5) is 28.1. The van der Waals surface area contributed by atoms with Crippen LogP contribution in [0.3, 0.4) is 0 Å². The van der Waals surface area contributed by atoms with Crippen molar-refractivity contribution < 1.29 is 14.3 Å². The summed E-state index contributed by atoms with van der Waals surface area (Å²) in [7, 11) is 1.34. The van der Waals surface area contributed by atoms with Gasteiger partial charge in [0.1, 0.15) is 6.04 Å². The number of urea groups is 1. The maximum Gasteiger partial charge on any atom is 0.328 e. The van der Waals surface area contributed by atoms with Gasteiger partial charge in [0.05, 0.1) is 7.11 Å². The molecule has 1 aliphatic rings. The number of piperazine rings is 1. The highest BCUT2D eigenvalue weighted by molar-refractivity contribution is 5.83. The highest BCUT2D eigenvalue weighted by Crippen LogP contribution is 2.09. The minimum atomic E-state index is -0.617. The monoisotopic (exact) mass is 345 g/mol. The number of nitrogens with one attached hydrogen (secondary N) is 1. The van der Waals surface area contributed by atoms with Crippen molar-refractivity contribution in [2.75, 3.05) is 33.3 Å². The zero-order valence-electron chi connectivity index (χ0n) is 15.1. The summed E-state index contributed by atoms with van der Waals surface area (Å²) in [6.07, 6.45) is 4.14. The number of methoxy groups -OCH3 is 1. The zero-order chi connectivity index (χ0) is 18.2. The van der Waals surface area contributed by atoms with Crippen molar-refractivity contribution >= 4 is 18.1 Å². The van der Waals surface area contributed by atoms with E-state index >= 15 is 0 Å². The molecule has 1 aromatic carbocycles. The number of rotatable bonds is 5. The maximum atomic E-state index is 12.4. The van der Waals surface area contributed by atoms with E-state index in [0.717, 1.165) is 18.7 Å². The van der Waals surface area contributed by atoms with Crippen molar-refractivity contribution in [1.29, 1.82) is 0 Å². The lowest BCUT2D eigenvalue weighted by Crippen LogP contribution is -2.55. The summed E-state index contributed by atoms with van der Waals surface area (Å²) in [5, 5.41) is 2.79. The summed E-state index contributed by atoms with van der Waals surface area (Å²) in [5.74, 6) is -0.431. The van der Waals surface area contributed by atoms with E-state index in [2.05, 4.69) is 34.6 Å². The minimum absolute atomic E-state index is 0.0218. The van der Waals surface area contributed by atoms with Crippen LogP contribution in [0.25, 0.3) is 6.08 Å². The summed E-state index contributed by atoms with van der Waals surface area (Å²) < 4.78 is 4.76. The van der Waals surface area contributed by atoms with E-state index in [1.54, 1.807) is 4.90 Å². The Labute approximate surface area is 149 Å². The fourth-order valence-electron chi connectivity index (χ4n) is 2.68. The van der Waals surface area contributed by atoms with Gasteiger partial charge in [0, 0.05) is 26.2 Å². The van der Waals surface area contributed by atoms with Crippen LogP contribution in [0.5, 0.6) is 0 Å². The molecule has 0 aliphatic carbocycles. The number of hydrogen-bond donors (Lipinski definition) is 1. The first-order valence-electron chi connectivity index (χ1n) is 8.62. The molecule has 2 amide bonds. The highest BCUT2D eigenvalue weighted by atomic mass is 16.5. The summed E-state index contributed by atoms with van der Waals surface area (Å²) in [6, 6.07) is 9.29. The van der Waals surface area contributed by atoms with Crippen molar-refractivity contribution in [2.45, 2.75) is 19.9 Å². The third kappa shape index (κ3) is 5.52. The Morgan fingerprint density at radius 2 is 1.76 bits per heavy atom. The second-order valence-corrected chi connectivity index (χ2v) is 6.44. The van der Waals surface area contributed by atoms with Crippen LogP contribution in [-0.2, 0) is 9.53 Å². The van der Waals surface area contributed by atoms with Crippen LogP contribution in [0.15, 0.2) is 36.5 Å². The van der Waals surface area contributed by atoms with Gasteiger partial charge in [0.2, 0.25) is 0 Å². The molecule has 1 aliphatic heterocycles. The first-order chi connectivity index (χ1) is 12.0. The third-order valence-corrected chi connectivity index (χ3v) is 4.28. The number of amides is 2. The fourth-order valence-corrected chi connectivity index (χ4v) is 2.68. The van der Waals surface area contributed by atoms with E-state index in [1.807, 2.05) is 32.0 Å². The fraction of sp³-hybridized carbons (Fsp3) is 0.474. The smallest absolute Gasteiger partial charge is 0.328 e. The molecule has 0 saturated carbocycles. The Morgan fingerprint density at radius 1 is 1.12 bits per heavy atom. The van der Waals surface area contributed by atoms with Gasteiger partial charge in [0.15, 0.2) is 0 Å². The SMILES string of the molecule is COC(=O)C(NC(=O)N1CCN(C=Cc2ccccc2)CC1)C(C)C. The number of hydrogen-bond acceptors (Lipinski definition) is 4. The molecule has 25 heavy (non-hydrogen) atoms. The van der Waals surface area contributed by atoms with Crippen molar-refractivity contribution in [3.8, 4) is 0 Å². The van der Waals surface area contributed by atoms with Crippen LogP contribution in [0, 0.1) is 5.92 Å². The Kier molecular flexibility index (Phi) is 6.86. The van der Waals surface area contributed by atoms with Crippen LogP contribution >= 0.6 is 0 Å². The maximum absolute atomic E-state index is 12.4. The van der Waals surface area contributed by atoms with Crippen LogP contribution in [0.2, 0.25) is 0 Å². The number of nitrogens with zero attached hydrogens (tertiary/aromatic N) is 2. The number of carbonyl (C=O) groups is 2. The Hall–Kier alpha value is -2.50. The predicted molar refractivity (Wildman–Crippen MR) is 97.8 cm³/mol. The molecule has 0 spiro atoms. The van der Waals surface area contributed by atoms with Crippen molar-refractivity contribution in [2.24, 2.45) is 5.92 Å². The Bertz CT molecular complexity index is 593. The molecule has 1 N–H and O–H groups in total. The predicted octanol–water partition coefficient (Wildman–Crippen LogP) is 2.18. The van der Waals surface area contributed by atoms with Crippen LogP contribution < -0.4 is 5.32 Å². The summed E-state index contributed by atoms with van der Waals surface area (Å²) in [5.41, 5.74) is 1.15. The van der Waals surface area contributed by atoms with Gasteiger partial charge < -0.3 is 19.9 Å². The molecule has 0 aromatic heterocycles. The van der Waals surface area contributed by atoms with Crippen LogP contribution in [0.1, 0.15) is 19.4 Å². The van der Waals surface area contributed by atoms with E-state index in [1.165, 1.54) is 7.11 Å². The largest absolute Gasteiger partial charge is 0.467 e. The number of carbonyl (C=O) groups excluding carboxylic acids is 2. The summed E-state index contributed by atoms with van der Waals surface area (Å²) in [6.45, 7) is 6.54. The van der Waals surface area contributed by atoms with E-state index in [-0.39, 0.29) is 11.9 Å². The van der Waals surface area contributed by atoms with E-state index in [4.69, 9.17) is 4.74 Å². The van der Waals surface area contributed by atoms with Gasteiger partial charge in [-0.05, 0) is 23.8 Å². The molecule has 1 heterocycles. The first-order valence-corrected chi connectivity index (χ1v) is 8.62. The van der Waals surface area contributed by atoms with Gasteiger partial charge >= 0.3 is 12.0 Å². The second kappa shape index (κ2) is 9.11. The van der Waals surface area contributed by atoms with Gasteiger partial charge in [-0.2, -0.15) is 0 Å². The molecular weight excluding hydrogens is 318 g/mol. The lowest BCUT2D eigenvalue weighted by atomic mass is 10.1. The molecule has 0 bridgehead atoms. The molecule has 0 radical (unpaired) electrons. The van der Waals surface area contributed by atoms with Gasteiger partial charge in [0.25, 0.3) is 0 Å².